The Bertz CT molecular complexity index is 924. The second-order valence-electron chi connectivity index (χ2n) is 6.08. The summed E-state index contributed by atoms with van der Waals surface area (Å²) < 4.78 is 10.7. The highest BCUT2D eigenvalue weighted by Crippen LogP contribution is 2.37. The van der Waals surface area contributed by atoms with Crippen LogP contribution in [0.3, 0.4) is 0 Å². The Morgan fingerprint density at radius 2 is 1.79 bits per heavy atom. The van der Waals surface area contributed by atoms with E-state index in [4.69, 9.17) is 21.1 Å². The Morgan fingerprint density at radius 3 is 2.50 bits per heavy atom. The molecule has 0 aliphatic rings. The number of nitrogens with zero attached hydrogens (tertiary/aromatic N) is 4. The molecule has 28 heavy (non-hydrogen) atoms. The van der Waals surface area contributed by atoms with Crippen LogP contribution >= 0.6 is 11.6 Å². The molecule has 0 spiro atoms. The highest BCUT2D eigenvalue weighted by atomic mass is 35.5. The highest BCUT2D eigenvalue weighted by molar-refractivity contribution is 6.32. The minimum absolute atomic E-state index is 0.476. The number of nitrogens with one attached hydrogen (secondary N) is 1. The molecule has 0 radical (unpaired) electrons. The molecule has 1 aromatic carbocycles. The van der Waals surface area contributed by atoms with Crippen molar-refractivity contribution in [2.24, 2.45) is 0 Å². The van der Waals surface area contributed by atoms with Gasteiger partial charge in [-0.15, -0.1) is 0 Å². The molecule has 3 rings (SSSR count). The zero-order valence-corrected chi connectivity index (χ0v) is 16.8. The topological polar surface area (TPSA) is 72.4 Å². The van der Waals surface area contributed by atoms with E-state index in [1.807, 2.05) is 24.1 Å². The molecule has 3 aromatic rings. The van der Waals surface area contributed by atoms with Crippen LogP contribution in [0.4, 0.5) is 17.5 Å². The molecule has 7 nitrogen and oxygen atoms in total. The fraction of sp³-hybridized carbons (Fsp3) is 0.250. The van der Waals surface area contributed by atoms with E-state index < -0.39 is 0 Å². The van der Waals surface area contributed by atoms with Crippen LogP contribution < -0.4 is 19.7 Å². The molecule has 0 fully saturated rings. The average molecular weight is 400 g/mol. The number of pyridine rings is 1. The maximum Gasteiger partial charge on any atom is 0.227 e. The molecular formula is C20H22ClN5O2. The van der Waals surface area contributed by atoms with Crippen molar-refractivity contribution in [1.82, 2.24) is 15.0 Å². The van der Waals surface area contributed by atoms with E-state index in [9.17, 15) is 0 Å². The van der Waals surface area contributed by atoms with Crippen molar-refractivity contribution < 1.29 is 9.47 Å². The second-order valence-corrected chi connectivity index (χ2v) is 6.49. The smallest absolute Gasteiger partial charge is 0.227 e. The van der Waals surface area contributed by atoms with Crippen LogP contribution in [0.25, 0.3) is 0 Å². The Labute approximate surface area is 169 Å². The number of ether oxygens (including phenoxy) is 2. The van der Waals surface area contributed by atoms with Crippen molar-refractivity contribution in [3.8, 4) is 11.5 Å². The van der Waals surface area contributed by atoms with Gasteiger partial charge >= 0.3 is 0 Å². The predicted octanol–water partition coefficient (Wildman–Crippen LogP) is 3.96. The molecule has 2 heterocycles. The van der Waals surface area contributed by atoms with Gasteiger partial charge in [-0.25, -0.2) is 4.98 Å². The van der Waals surface area contributed by atoms with Gasteiger partial charge in [0.2, 0.25) is 5.95 Å². The molecule has 0 saturated heterocycles. The first kappa shape index (κ1) is 19.7. The molecule has 8 heteroatoms. The summed E-state index contributed by atoms with van der Waals surface area (Å²) in [4.78, 5) is 15.0. The lowest BCUT2D eigenvalue weighted by molar-refractivity contribution is 0.405. The summed E-state index contributed by atoms with van der Waals surface area (Å²) in [5.74, 6) is 2.41. The van der Waals surface area contributed by atoms with Crippen LogP contribution in [0.1, 0.15) is 5.56 Å². The first-order valence-corrected chi connectivity index (χ1v) is 9.10. The van der Waals surface area contributed by atoms with Crippen molar-refractivity contribution in [3.63, 3.8) is 0 Å². The lowest BCUT2D eigenvalue weighted by Crippen LogP contribution is -2.22. The van der Waals surface area contributed by atoms with Gasteiger partial charge in [-0.2, -0.15) is 4.98 Å². The van der Waals surface area contributed by atoms with Crippen LogP contribution in [0.5, 0.6) is 11.5 Å². The Kier molecular flexibility index (Phi) is 6.49. The van der Waals surface area contributed by atoms with Gasteiger partial charge in [-0.05, 0) is 30.2 Å². The molecule has 0 atom stereocenters. The van der Waals surface area contributed by atoms with Crippen molar-refractivity contribution in [3.05, 3.63) is 59.5 Å². The number of benzene rings is 1. The van der Waals surface area contributed by atoms with Crippen molar-refractivity contribution >= 4 is 29.1 Å². The normalized spacial score (nSPS) is 10.4. The van der Waals surface area contributed by atoms with Crippen LogP contribution in [0, 0.1) is 0 Å². The lowest BCUT2D eigenvalue weighted by Gasteiger charge is -2.18. The van der Waals surface area contributed by atoms with Crippen LogP contribution in [0.15, 0.2) is 48.9 Å². The standard InChI is InChI=1S/C20H22ClN5O2/c1-26(11-7-14-4-8-22-9-5-14)20-23-10-6-19(25-20)24-16-13-17(27-2)15(21)12-18(16)28-3/h4-6,8-10,12-13H,7,11H2,1-3H3,(H,23,24,25). The number of halogens is 1. The van der Waals surface area contributed by atoms with Crippen LogP contribution in [-0.2, 0) is 6.42 Å². The summed E-state index contributed by atoms with van der Waals surface area (Å²) in [6.45, 7) is 0.783. The fourth-order valence-electron chi connectivity index (χ4n) is 2.64. The second kappa shape index (κ2) is 9.23. The Balaban J connectivity index is 1.74. The summed E-state index contributed by atoms with van der Waals surface area (Å²) in [6.07, 6.45) is 6.18. The molecule has 0 aliphatic carbocycles. The molecule has 0 bridgehead atoms. The molecule has 1 N–H and O–H groups in total. The van der Waals surface area contributed by atoms with Crippen LogP contribution in [-0.4, -0.2) is 42.8 Å². The Morgan fingerprint density at radius 1 is 1.04 bits per heavy atom. The maximum atomic E-state index is 6.17. The highest BCUT2D eigenvalue weighted by Gasteiger charge is 2.12. The van der Waals surface area contributed by atoms with E-state index in [0.717, 1.165) is 13.0 Å². The summed E-state index contributed by atoms with van der Waals surface area (Å²) in [6, 6.07) is 9.28. The van der Waals surface area contributed by atoms with E-state index in [-0.39, 0.29) is 0 Å². The lowest BCUT2D eigenvalue weighted by atomic mass is 10.2. The van der Waals surface area contributed by atoms with E-state index in [0.29, 0.717) is 34.0 Å². The van der Waals surface area contributed by atoms with Gasteiger partial charge in [-0.3, -0.25) is 4.98 Å². The SMILES string of the molecule is COc1cc(Nc2ccnc(N(C)CCc3ccncc3)n2)c(OC)cc1Cl. The van der Waals surface area contributed by atoms with E-state index in [1.165, 1.54) is 5.56 Å². The minimum atomic E-state index is 0.476. The van der Waals surface area contributed by atoms with Gasteiger partial charge in [-0.1, -0.05) is 11.6 Å². The van der Waals surface area contributed by atoms with E-state index >= 15 is 0 Å². The van der Waals surface area contributed by atoms with E-state index in [1.54, 1.807) is 51.0 Å². The molecule has 146 valence electrons. The van der Waals surface area contributed by atoms with Gasteiger partial charge in [0, 0.05) is 44.3 Å². The van der Waals surface area contributed by atoms with E-state index in [2.05, 4.69) is 20.3 Å². The molecule has 0 saturated carbocycles. The molecule has 0 unspecified atom stereocenters. The van der Waals surface area contributed by atoms with Crippen molar-refractivity contribution in [1.29, 1.82) is 0 Å². The third-order valence-electron chi connectivity index (χ3n) is 4.21. The maximum absolute atomic E-state index is 6.17. The quantitative estimate of drug-likeness (QED) is 0.614. The number of aromatic nitrogens is 3. The minimum Gasteiger partial charge on any atom is -0.495 e. The fourth-order valence-corrected chi connectivity index (χ4v) is 2.88. The van der Waals surface area contributed by atoms with Gasteiger partial charge in [0.25, 0.3) is 0 Å². The number of rotatable bonds is 8. The third kappa shape index (κ3) is 4.80. The number of likely N-dealkylation sites (N-methyl/N-ethyl adjacent to an activating group) is 1. The largest absolute Gasteiger partial charge is 0.495 e. The summed E-state index contributed by atoms with van der Waals surface area (Å²) in [5, 5.41) is 3.72. The Hall–Kier alpha value is -3.06. The molecular weight excluding hydrogens is 378 g/mol. The zero-order valence-electron chi connectivity index (χ0n) is 16.0. The number of methoxy groups -OCH3 is 2. The summed E-state index contributed by atoms with van der Waals surface area (Å²) >= 11 is 6.17. The summed E-state index contributed by atoms with van der Waals surface area (Å²) in [7, 11) is 5.12. The summed E-state index contributed by atoms with van der Waals surface area (Å²) in [5.41, 5.74) is 1.92. The number of hydrogen-bond acceptors (Lipinski definition) is 7. The van der Waals surface area contributed by atoms with Crippen molar-refractivity contribution in [2.75, 3.05) is 38.0 Å². The number of anilines is 3. The molecule has 0 aliphatic heterocycles. The molecule has 2 aromatic heterocycles. The van der Waals surface area contributed by atoms with Gasteiger partial charge < -0.3 is 19.7 Å². The first-order chi connectivity index (χ1) is 13.6. The predicted molar refractivity (Wildman–Crippen MR) is 111 cm³/mol. The first-order valence-electron chi connectivity index (χ1n) is 8.72. The number of hydrogen-bond donors (Lipinski definition) is 1. The average Bonchev–Trinajstić information content (AvgIpc) is 2.73. The molecule has 0 amide bonds. The third-order valence-corrected chi connectivity index (χ3v) is 4.50. The monoisotopic (exact) mass is 399 g/mol. The van der Waals surface area contributed by atoms with Gasteiger partial charge in [0.05, 0.1) is 24.9 Å². The zero-order chi connectivity index (χ0) is 19.9. The van der Waals surface area contributed by atoms with Gasteiger partial charge in [0.1, 0.15) is 17.3 Å². The van der Waals surface area contributed by atoms with Gasteiger partial charge in [0.15, 0.2) is 0 Å². The van der Waals surface area contributed by atoms with Crippen molar-refractivity contribution in [2.45, 2.75) is 6.42 Å². The van der Waals surface area contributed by atoms with Crippen LogP contribution in [0.2, 0.25) is 5.02 Å².